The zero-order chi connectivity index (χ0) is 19.6. The van der Waals surface area contributed by atoms with Gasteiger partial charge in [-0.3, -0.25) is 9.59 Å². The molecule has 1 N–H and O–H groups in total. The quantitative estimate of drug-likeness (QED) is 0.497. The third kappa shape index (κ3) is 3.33. The highest BCUT2D eigenvalue weighted by molar-refractivity contribution is 6.46. The molecule has 0 radical (unpaired) electrons. The van der Waals surface area contributed by atoms with Crippen molar-refractivity contribution in [2.45, 2.75) is 26.3 Å². The molecule has 27 heavy (non-hydrogen) atoms. The van der Waals surface area contributed by atoms with Gasteiger partial charge >= 0.3 is 0 Å². The van der Waals surface area contributed by atoms with Crippen LogP contribution in [0.2, 0.25) is 0 Å². The van der Waals surface area contributed by atoms with Crippen molar-refractivity contribution in [2.75, 3.05) is 13.7 Å². The predicted octanol–water partition coefficient (Wildman–Crippen LogP) is 3.84. The van der Waals surface area contributed by atoms with E-state index < -0.39 is 17.7 Å². The Morgan fingerprint density at radius 1 is 1.15 bits per heavy atom. The number of aliphatic hydroxyl groups is 1. The van der Waals surface area contributed by atoms with Crippen LogP contribution in [0.15, 0.2) is 54.1 Å². The maximum Gasteiger partial charge on any atom is 0.295 e. The number of aryl methyl sites for hydroxylation is 1. The van der Waals surface area contributed by atoms with Crippen LogP contribution in [0.25, 0.3) is 5.76 Å². The van der Waals surface area contributed by atoms with Crippen molar-refractivity contribution in [3.05, 3.63) is 70.8 Å². The second-order valence-corrected chi connectivity index (χ2v) is 6.58. The number of methoxy groups -OCH3 is 1. The second kappa shape index (κ2) is 7.66. The standard InChI is InChI=1S/C22H23NO4/c1-4-12-23-19(17-11-6-5-8-14(17)2)18(21(25)22(23)26)20(24)15-9-7-10-16(13-15)27-3/h5-11,13,19,24H,4,12H2,1-3H3/b20-18+. The van der Waals surface area contributed by atoms with Crippen LogP contribution in [0.3, 0.4) is 0 Å². The van der Waals surface area contributed by atoms with Crippen LogP contribution in [0, 0.1) is 6.92 Å². The van der Waals surface area contributed by atoms with Crippen LogP contribution in [0.1, 0.15) is 36.1 Å². The smallest absolute Gasteiger partial charge is 0.295 e. The van der Waals surface area contributed by atoms with E-state index in [-0.39, 0.29) is 11.3 Å². The number of amides is 1. The first-order valence-corrected chi connectivity index (χ1v) is 8.98. The maximum atomic E-state index is 12.8. The lowest BCUT2D eigenvalue weighted by atomic mass is 9.92. The van der Waals surface area contributed by atoms with Gasteiger partial charge in [0.1, 0.15) is 11.5 Å². The van der Waals surface area contributed by atoms with E-state index in [1.54, 1.807) is 29.2 Å². The number of rotatable bonds is 5. The number of ether oxygens (including phenoxy) is 1. The Labute approximate surface area is 158 Å². The highest BCUT2D eigenvalue weighted by atomic mass is 16.5. The average Bonchev–Trinajstić information content (AvgIpc) is 2.93. The molecule has 1 fully saturated rings. The molecule has 1 amide bonds. The summed E-state index contributed by atoms with van der Waals surface area (Å²) in [6, 6.07) is 13.9. The van der Waals surface area contributed by atoms with Gasteiger partial charge in [0, 0.05) is 12.1 Å². The Kier molecular flexibility index (Phi) is 5.31. The van der Waals surface area contributed by atoms with Crippen LogP contribution in [0.4, 0.5) is 0 Å². The zero-order valence-corrected chi connectivity index (χ0v) is 15.7. The molecular weight excluding hydrogens is 342 g/mol. The average molecular weight is 365 g/mol. The molecule has 1 heterocycles. The maximum absolute atomic E-state index is 12.8. The van der Waals surface area contributed by atoms with Crippen LogP contribution < -0.4 is 4.74 Å². The predicted molar refractivity (Wildman–Crippen MR) is 103 cm³/mol. The second-order valence-electron chi connectivity index (χ2n) is 6.58. The van der Waals surface area contributed by atoms with E-state index in [0.29, 0.717) is 24.3 Å². The molecule has 3 rings (SSSR count). The van der Waals surface area contributed by atoms with Crippen LogP contribution in [-0.2, 0) is 9.59 Å². The summed E-state index contributed by atoms with van der Waals surface area (Å²) in [7, 11) is 1.53. The molecule has 5 heteroatoms. The molecule has 1 atom stereocenters. The number of benzene rings is 2. The van der Waals surface area contributed by atoms with Crippen molar-refractivity contribution in [3.63, 3.8) is 0 Å². The highest BCUT2D eigenvalue weighted by Crippen LogP contribution is 2.40. The molecule has 2 aromatic carbocycles. The molecule has 1 aliphatic heterocycles. The van der Waals surface area contributed by atoms with Gasteiger partial charge in [0.25, 0.3) is 11.7 Å². The fraction of sp³-hybridized carbons (Fsp3) is 0.273. The van der Waals surface area contributed by atoms with Crippen LogP contribution in [-0.4, -0.2) is 35.4 Å². The number of carbonyl (C=O) groups is 2. The monoisotopic (exact) mass is 365 g/mol. The topological polar surface area (TPSA) is 66.8 Å². The molecule has 0 spiro atoms. The third-order valence-corrected chi connectivity index (χ3v) is 4.83. The summed E-state index contributed by atoms with van der Waals surface area (Å²) in [4.78, 5) is 27.0. The fourth-order valence-corrected chi connectivity index (χ4v) is 3.49. The van der Waals surface area contributed by atoms with E-state index in [1.807, 2.05) is 38.1 Å². The van der Waals surface area contributed by atoms with Gasteiger partial charge < -0.3 is 14.7 Å². The Morgan fingerprint density at radius 3 is 2.56 bits per heavy atom. The number of aliphatic hydroxyl groups excluding tert-OH is 1. The van der Waals surface area contributed by atoms with E-state index in [9.17, 15) is 14.7 Å². The summed E-state index contributed by atoms with van der Waals surface area (Å²) in [6.07, 6.45) is 0.717. The summed E-state index contributed by atoms with van der Waals surface area (Å²) in [6.45, 7) is 4.34. The van der Waals surface area contributed by atoms with Crippen LogP contribution in [0.5, 0.6) is 5.75 Å². The van der Waals surface area contributed by atoms with Gasteiger partial charge in [0.05, 0.1) is 18.7 Å². The molecule has 5 nitrogen and oxygen atoms in total. The van der Waals surface area contributed by atoms with Gasteiger partial charge in [-0.05, 0) is 36.6 Å². The zero-order valence-electron chi connectivity index (χ0n) is 15.7. The van der Waals surface area contributed by atoms with E-state index in [1.165, 1.54) is 7.11 Å². The first-order chi connectivity index (χ1) is 13.0. The lowest BCUT2D eigenvalue weighted by Crippen LogP contribution is -2.30. The van der Waals surface area contributed by atoms with E-state index in [2.05, 4.69) is 0 Å². The van der Waals surface area contributed by atoms with Crippen molar-refractivity contribution in [3.8, 4) is 5.75 Å². The Morgan fingerprint density at radius 2 is 1.89 bits per heavy atom. The largest absolute Gasteiger partial charge is 0.507 e. The van der Waals surface area contributed by atoms with Crippen molar-refractivity contribution >= 4 is 17.4 Å². The summed E-state index contributed by atoms with van der Waals surface area (Å²) in [5.74, 6) is -0.847. The molecule has 0 aromatic heterocycles. The highest BCUT2D eigenvalue weighted by Gasteiger charge is 2.46. The number of likely N-dealkylation sites (tertiary alicyclic amines) is 1. The normalized spacial score (nSPS) is 18.8. The minimum absolute atomic E-state index is 0.121. The van der Waals surface area contributed by atoms with Gasteiger partial charge in [0.2, 0.25) is 0 Å². The van der Waals surface area contributed by atoms with E-state index in [4.69, 9.17) is 4.74 Å². The Hall–Kier alpha value is -3.08. The number of ketones is 1. The first-order valence-electron chi connectivity index (χ1n) is 8.98. The minimum atomic E-state index is -0.656. The Bertz CT molecular complexity index is 916. The third-order valence-electron chi connectivity index (χ3n) is 4.83. The molecule has 1 unspecified atom stereocenters. The van der Waals surface area contributed by atoms with Gasteiger partial charge in [-0.15, -0.1) is 0 Å². The van der Waals surface area contributed by atoms with Crippen molar-refractivity contribution in [1.29, 1.82) is 0 Å². The van der Waals surface area contributed by atoms with Gasteiger partial charge in [-0.25, -0.2) is 0 Å². The number of Topliss-reactive ketones (excluding diaryl/α,β-unsaturated/α-hetero) is 1. The molecule has 0 aliphatic carbocycles. The Balaban J connectivity index is 2.22. The molecule has 140 valence electrons. The van der Waals surface area contributed by atoms with Gasteiger partial charge in [-0.1, -0.05) is 43.3 Å². The van der Waals surface area contributed by atoms with E-state index in [0.717, 1.165) is 11.1 Å². The van der Waals surface area contributed by atoms with Crippen molar-refractivity contribution in [2.24, 2.45) is 0 Å². The van der Waals surface area contributed by atoms with Crippen LogP contribution >= 0.6 is 0 Å². The van der Waals surface area contributed by atoms with Crippen molar-refractivity contribution < 1.29 is 19.4 Å². The molecule has 1 saturated heterocycles. The lowest BCUT2D eigenvalue weighted by Gasteiger charge is -2.26. The number of hydrogen-bond acceptors (Lipinski definition) is 4. The molecule has 1 aliphatic rings. The van der Waals surface area contributed by atoms with Gasteiger partial charge in [-0.2, -0.15) is 0 Å². The van der Waals surface area contributed by atoms with Crippen molar-refractivity contribution in [1.82, 2.24) is 4.90 Å². The lowest BCUT2D eigenvalue weighted by molar-refractivity contribution is -0.139. The SMILES string of the molecule is CCCN1C(=O)C(=O)/C(=C(/O)c2cccc(OC)c2)C1c1ccccc1C. The molecule has 0 saturated carbocycles. The summed E-state index contributed by atoms with van der Waals surface area (Å²) >= 11 is 0. The summed E-state index contributed by atoms with van der Waals surface area (Å²) < 4.78 is 5.21. The summed E-state index contributed by atoms with van der Waals surface area (Å²) in [5, 5.41) is 11.0. The number of hydrogen-bond donors (Lipinski definition) is 1. The minimum Gasteiger partial charge on any atom is -0.507 e. The van der Waals surface area contributed by atoms with Gasteiger partial charge in [0.15, 0.2) is 0 Å². The fourth-order valence-electron chi connectivity index (χ4n) is 3.49. The molecular formula is C22H23NO4. The number of carbonyl (C=O) groups excluding carboxylic acids is 2. The molecule has 0 bridgehead atoms. The van der Waals surface area contributed by atoms with E-state index >= 15 is 0 Å². The first kappa shape index (κ1) is 18.7. The molecule has 2 aromatic rings. The summed E-state index contributed by atoms with van der Waals surface area (Å²) in [5.41, 5.74) is 2.37. The number of nitrogens with zero attached hydrogens (tertiary/aromatic N) is 1.